The van der Waals surface area contributed by atoms with Gasteiger partial charge in [-0.1, -0.05) is 6.08 Å². The zero-order chi connectivity index (χ0) is 6.69. The quantitative estimate of drug-likeness (QED) is 0.560. The van der Waals surface area contributed by atoms with E-state index < -0.39 is 0 Å². The topological polar surface area (TPSA) is 18.5 Å². The Kier molecular flexibility index (Phi) is 2.57. The zero-order valence-electron chi connectivity index (χ0n) is 5.33. The zero-order valence-corrected chi connectivity index (χ0v) is 6.23. The maximum Gasteiger partial charge on any atom is 0.189 e. The van der Waals surface area contributed by atoms with Crippen molar-refractivity contribution in [2.75, 3.05) is 13.2 Å². The smallest absolute Gasteiger partial charge is 0.189 e. The molecule has 1 heterocycles. The van der Waals surface area contributed by atoms with Gasteiger partial charge in [0.05, 0.1) is 13.2 Å². The van der Waals surface area contributed by atoms with Crippen molar-refractivity contribution in [2.24, 2.45) is 0 Å². The van der Waals surface area contributed by atoms with E-state index >= 15 is 0 Å². The first kappa shape index (κ1) is 7.12. The van der Waals surface area contributed by atoms with Crippen molar-refractivity contribution >= 4 is 12.6 Å². The minimum absolute atomic E-state index is 0.196. The Balaban J connectivity index is 2.42. The van der Waals surface area contributed by atoms with Crippen LogP contribution in [0.15, 0.2) is 11.0 Å². The second kappa shape index (κ2) is 3.25. The van der Waals surface area contributed by atoms with Crippen molar-refractivity contribution in [1.29, 1.82) is 0 Å². The summed E-state index contributed by atoms with van der Waals surface area (Å²) < 4.78 is 10.3. The number of ether oxygens (including phenoxy) is 2. The largest absolute Gasteiger partial charge is 0.346 e. The van der Waals surface area contributed by atoms with Gasteiger partial charge in [-0.25, -0.2) is 0 Å². The van der Waals surface area contributed by atoms with Crippen molar-refractivity contribution in [2.45, 2.75) is 13.2 Å². The highest BCUT2D eigenvalue weighted by Crippen LogP contribution is 2.16. The van der Waals surface area contributed by atoms with Gasteiger partial charge in [-0.2, -0.15) is 0 Å². The van der Waals surface area contributed by atoms with Crippen molar-refractivity contribution in [3.63, 3.8) is 0 Å². The number of hydrogen-bond acceptors (Lipinski definition) is 3. The molecule has 0 aliphatic carbocycles. The summed E-state index contributed by atoms with van der Waals surface area (Å²) in [4.78, 5) is 0.854. The number of rotatable bonds is 1. The Morgan fingerprint density at radius 2 is 2.11 bits per heavy atom. The lowest BCUT2D eigenvalue weighted by molar-refractivity contribution is -0.00448. The maximum atomic E-state index is 5.14. The molecule has 1 fully saturated rings. The van der Waals surface area contributed by atoms with Gasteiger partial charge in [-0.15, -0.1) is 12.6 Å². The molecule has 2 nitrogen and oxygen atoms in total. The number of hydrogen-bond donors (Lipinski definition) is 1. The van der Waals surface area contributed by atoms with Crippen LogP contribution in [0.1, 0.15) is 6.92 Å². The lowest BCUT2D eigenvalue weighted by atomic mass is 10.5. The van der Waals surface area contributed by atoms with E-state index in [0.29, 0.717) is 13.2 Å². The summed E-state index contributed by atoms with van der Waals surface area (Å²) in [6.07, 6.45) is 1.68. The lowest BCUT2D eigenvalue weighted by Crippen LogP contribution is -2.06. The van der Waals surface area contributed by atoms with Crippen LogP contribution in [0.25, 0.3) is 0 Å². The molecule has 1 aliphatic rings. The third kappa shape index (κ3) is 1.71. The van der Waals surface area contributed by atoms with Crippen molar-refractivity contribution in [3.8, 4) is 0 Å². The third-order valence-corrected chi connectivity index (χ3v) is 1.63. The molecule has 9 heavy (non-hydrogen) atoms. The fourth-order valence-electron chi connectivity index (χ4n) is 0.665. The van der Waals surface area contributed by atoms with Gasteiger partial charge in [0, 0.05) is 4.91 Å². The third-order valence-electron chi connectivity index (χ3n) is 1.16. The predicted molar refractivity (Wildman–Crippen MR) is 38.4 cm³/mol. The van der Waals surface area contributed by atoms with Crippen molar-refractivity contribution in [3.05, 3.63) is 11.0 Å². The molecular formula is C6H10O2S. The van der Waals surface area contributed by atoms with E-state index in [1.165, 1.54) is 0 Å². The van der Waals surface area contributed by atoms with E-state index in [4.69, 9.17) is 9.47 Å². The lowest BCUT2D eigenvalue weighted by Gasteiger charge is -2.06. The van der Waals surface area contributed by atoms with Gasteiger partial charge < -0.3 is 9.47 Å². The van der Waals surface area contributed by atoms with Crippen LogP contribution in [-0.2, 0) is 9.47 Å². The Hall–Kier alpha value is 0.01000. The molecule has 52 valence electrons. The molecule has 1 saturated heterocycles. The SMILES string of the molecule is C/C=C(\S)C1OCCO1. The Morgan fingerprint density at radius 1 is 1.56 bits per heavy atom. The molecule has 0 saturated carbocycles. The first-order chi connectivity index (χ1) is 4.34. The minimum atomic E-state index is -0.196. The minimum Gasteiger partial charge on any atom is -0.346 e. The van der Waals surface area contributed by atoms with Crippen LogP contribution in [-0.4, -0.2) is 19.5 Å². The van der Waals surface area contributed by atoms with E-state index in [0.717, 1.165) is 4.91 Å². The Bertz CT molecular complexity index is 116. The van der Waals surface area contributed by atoms with Crippen LogP contribution in [0.5, 0.6) is 0 Å². The van der Waals surface area contributed by atoms with Crippen molar-refractivity contribution in [1.82, 2.24) is 0 Å². The molecule has 0 N–H and O–H groups in total. The highest BCUT2D eigenvalue weighted by atomic mass is 32.1. The summed E-state index contributed by atoms with van der Waals surface area (Å²) in [6, 6.07) is 0. The summed E-state index contributed by atoms with van der Waals surface area (Å²) in [5.74, 6) is 0. The van der Waals surface area contributed by atoms with Gasteiger partial charge in [0.1, 0.15) is 0 Å². The standard InChI is InChI=1S/C6H10O2S/c1-2-5(9)6-7-3-4-8-6/h2,6,9H,3-4H2,1H3/b5-2-. The van der Waals surface area contributed by atoms with Gasteiger partial charge in [-0.3, -0.25) is 0 Å². The summed E-state index contributed by atoms with van der Waals surface area (Å²) >= 11 is 4.14. The Labute approximate surface area is 60.3 Å². The van der Waals surface area contributed by atoms with E-state index in [1.54, 1.807) is 0 Å². The normalized spacial score (nSPS) is 23.1. The van der Waals surface area contributed by atoms with E-state index in [2.05, 4.69) is 12.6 Å². The molecular weight excluding hydrogens is 136 g/mol. The number of allylic oxidation sites excluding steroid dienone is 1. The predicted octanol–water partition coefficient (Wildman–Crippen LogP) is 1.19. The average Bonchev–Trinajstić information content (AvgIpc) is 2.37. The second-order valence-electron chi connectivity index (χ2n) is 1.79. The molecule has 3 heteroatoms. The van der Waals surface area contributed by atoms with E-state index in [-0.39, 0.29) is 6.29 Å². The van der Waals surface area contributed by atoms with Crippen molar-refractivity contribution < 1.29 is 9.47 Å². The maximum absolute atomic E-state index is 5.14. The van der Waals surface area contributed by atoms with Gasteiger partial charge in [0.25, 0.3) is 0 Å². The summed E-state index contributed by atoms with van der Waals surface area (Å²) in [7, 11) is 0. The van der Waals surface area contributed by atoms with E-state index in [1.807, 2.05) is 13.0 Å². The number of thiol groups is 1. The molecule has 0 aromatic rings. The van der Waals surface area contributed by atoms with Gasteiger partial charge in [-0.05, 0) is 6.92 Å². The molecule has 0 spiro atoms. The van der Waals surface area contributed by atoms with Gasteiger partial charge >= 0.3 is 0 Å². The molecule has 0 amide bonds. The molecule has 1 aliphatic heterocycles. The molecule has 0 aromatic carbocycles. The molecule has 0 bridgehead atoms. The molecule has 1 rings (SSSR count). The molecule has 0 unspecified atom stereocenters. The monoisotopic (exact) mass is 146 g/mol. The summed E-state index contributed by atoms with van der Waals surface area (Å²) in [5.41, 5.74) is 0. The fourth-order valence-corrected chi connectivity index (χ4v) is 0.814. The van der Waals surface area contributed by atoms with Gasteiger partial charge in [0.2, 0.25) is 0 Å². The van der Waals surface area contributed by atoms with E-state index in [9.17, 15) is 0 Å². The van der Waals surface area contributed by atoms with Crippen LogP contribution >= 0.6 is 12.6 Å². The summed E-state index contributed by atoms with van der Waals surface area (Å²) in [5, 5.41) is 0. The van der Waals surface area contributed by atoms with Crippen LogP contribution in [0, 0.1) is 0 Å². The first-order valence-corrected chi connectivity index (χ1v) is 3.37. The second-order valence-corrected chi connectivity index (χ2v) is 2.30. The van der Waals surface area contributed by atoms with Crippen LogP contribution in [0.2, 0.25) is 0 Å². The van der Waals surface area contributed by atoms with Crippen LogP contribution < -0.4 is 0 Å². The average molecular weight is 146 g/mol. The Morgan fingerprint density at radius 3 is 2.56 bits per heavy atom. The van der Waals surface area contributed by atoms with Crippen LogP contribution in [0.3, 0.4) is 0 Å². The molecule has 0 radical (unpaired) electrons. The molecule has 0 atom stereocenters. The summed E-state index contributed by atoms with van der Waals surface area (Å²) in [6.45, 7) is 3.28. The highest BCUT2D eigenvalue weighted by molar-refractivity contribution is 7.84. The molecule has 0 aromatic heterocycles. The first-order valence-electron chi connectivity index (χ1n) is 2.93. The van der Waals surface area contributed by atoms with Gasteiger partial charge in [0.15, 0.2) is 6.29 Å². The highest BCUT2D eigenvalue weighted by Gasteiger charge is 2.16. The fraction of sp³-hybridized carbons (Fsp3) is 0.667. The van der Waals surface area contributed by atoms with Crippen LogP contribution in [0.4, 0.5) is 0 Å².